The van der Waals surface area contributed by atoms with Crippen molar-refractivity contribution in [3.63, 3.8) is 0 Å². The third-order valence-electron chi connectivity index (χ3n) is 8.95. The van der Waals surface area contributed by atoms with E-state index >= 15 is 0 Å². The van der Waals surface area contributed by atoms with Crippen molar-refractivity contribution in [2.24, 2.45) is 11.8 Å². The third kappa shape index (κ3) is 4.36. The molecule has 196 valence electrons. The summed E-state index contributed by atoms with van der Waals surface area (Å²) < 4.78 is 0. The van der Waals surface area contributed by atoms with Gasteiger partial charge in [-0.15, -0.1) is 0 Å². The fourth-order valence-electron chi connectivity index (χ4n) is 7.28. The molecule has 0 N–H and O–H groups in total. The second kappa shape index (κ2) is 10.7. The molecule has 0 fully saturated rings. The van der Waals surface area contributed by atoms with Crippen LogP contribution in [0.15, 0.2) is 156 Å². The van der Waals surface area contributed by atoms with Gasteiger partial charge in [0.1, 0.15) is 0 Å². The third-order valence-corrected chi connectivity index (χ3v) is 8.95. The average molecular weight is 518 g/mol. The second-order valence-corrected chi connectivity index (χ2v) is 11.2. The molecule has 0 heterocycles. The van der Waals surface area contributed by atoms with Gasteiger partial charge < -0.3 is 4.90 Å². The number of rotatable bonds is 5. The lowest BCUT2D eigenvalue weighted by Gasteiger charge is -2.45. The first-order valence-corrected chi connectivity index (χ1v) is 14.6. The summed E-state index contributed by atoms with van der Waals surface area (Å²) in [4.78, 5) is 2.35. The van der Waals surface area contributed by atoms with Crippen molar-refractivity contribution in [1.82, 2.24) is 0 Å². The Labute approximate surface area is 238 Å². The van der Waals surface area contributed by atoms with Crippen LogP contribution < -0.4 is 4.90 Å². The molecule has 3 atom stereocenters. The number of allylic oxidation sites excluding steroid dienone is 8. The fourth-order valence-corrected chi connectivity index (χ4v) is 7.28. The summed E-state index contributed by atoms with van der Waals surface area (Å²) in [7, 11) is 0. The van der Waals surface area contributed by atoms with Crippen LogP contribution in [-0.4, -0.2) is 0 Å². The van der Waals surface area contributed by atoms with Crippen LogP contribution in [0.4, 0.5) is 17.1 Å². The Kier molecular flexibility index (Phi) is 6.57. The van der Waals surface area contributed by atoms with Crippen LogP contribution in [0.5, 0.6) is 0 Å². The van der Waals surface area contributed by atoms with Crippen molar-refractivity contribution in [2.45, 2.75) is 32.1 Å². The summed E-state index contributed by atoms with van der Waals surface area (Å²) in [6.07, 6.45) is 13.1. The molecule has 3 aliphatic rings. The molecular weight excluding hydrogens is 482 g/mol. The first-order chi connectivity index (χ1) is 19.8. The van der Waals surface area contributed by atoms with E-state index in [1.165, 1.54) is 51.3 Å². The van der Waals surface area contributed by atoms with Gasteiger partial charge >= 0.3 is 0 Å². The highest BCUT2D eigenvalue weighted by Gasteiger charge is 2.42. The zero-order chi connectivity index (χ0) is 26.9. The quantitative estimate of drug-likeness (QED) is 0.254. The average Bonchev–Trinajstić information content (AvgIpc) is 3.02. The van der Waals surface area contributed by atoms with Crippen molar-refractivity contribution in [3.8, 4) is 0 Å². The number of anilines is 3. The maximum Gasteiger partial charge on any atom is 0.0461 e. The Balaban J connectivity index is 1.33. The lowest BCUT2D eigenvalue weighted by molar-refractivity contribution is 0.351. The zero-order valence-electron chi connectivity index (χ0n) is 23.1. The van der Waals surface area contributed by atoms with Crippen molar-refractivity contribution in [2.75, 3.05) is 4.90 Å². The minimum absolute atomic E-state index is 0.471. The monoisotopic (exact) mass is 517 g/mol. The Morgan fingerprint density at radius 2 is 1.20 bits per heavy atom. The SMILES string of the molecule is CC1=C2C(c3ccccc3)=C3C=CCCC3C(c3ccc(N(c4ccccc4)c4ccccc4)cc3)C2CC=C1. The maximum atomic E-state index is 2.44. The highest BCUT2D eigenvalue weighted by Crippen LogP contribution is 2.56. The van der Waals surface area contributed by atoms with E-state index in [9.17, 15) is 0 Å². The van der Waals surface area contributed by atoms with Gasteiger partial charge in [0.2, 0.25) is 0 Å². The van der Waals surface area contributed by atoms with Crippen LogP contribution >= 0.6 is 0 Å². The smallest absolute Gasteiger partial charge is 0.0461 e. The maximum absolute atomic E-state index is 2.44. The number of nitrogens with zero attached hydrogens (tertiary/aromatic N) is 1. The predicted molar refractivity (Wildman–Crippen MR) is 169 cm³/mol. The molecule has 4 aromatic rings. The van der Waals surface area contributed by atoms with Gasteiger partial charge in [-0.2, -0.15) is 0 Å². The number of fused-ring (bicyclic) bond motifs is 2. The van der Waals surface area contributed by atoms with Gasteiger partial charge in [-0.05, 0) is 114 Å². The van der Waals surface area contributed by atoms with E-state index in [1.54, 1.807) is 5.57 Å². The molecule has 7 rings (SSSR count). The van der Waals surface area contributed by atoms with Gasteiger partial charge in [0.15, 0.2) is 0 Å². The number of benzene rings is 4. The van der Waals surface area contributed by atoms with Crippen LogP contribution in [0.25, 0.3) is 5.57 Å². The Morgan fingerprint density at radius 1 is 0.600 bits per heavy atom. The molecule has 0 aromatic heterocycles. The van der Waals surface area contributed by atoms with E-state index in [0.29, 0.717) is 17.8 Å². The van der Waals surface area contributed by atoms with Gasteiger partial charge in [0.05, 0.1) is 0 Å². The second-order valence-electron chi connectivity index (χ2n) is 11.2. The Hall–Kier alpha value is -4.36. The lowest BCUT2D eigenvalue weighted by atomic mass is 9.58. The molecule has 0 saturated carbocycles. The van der Waals surface area contributed by atoms with Gasteiger partial charge in [-0.3, -0.25) is 0 Å². The number of hydrogen-bond donors (Lipinski definition) is 0. The van der Waals surface area contributed by atoms with E-state index in [0.717, 1.165) is 12.8 Å². The van der Waals surface area contributed by atoms with Crippen LogP contribution in [-0.2, 0) is 0 Å². The predicted octanol–water partition coefficient (Wildman–Crippen LogP) is 10.6. The summed E-state index contributed by atoms with van der Waals surface area (Å²) in [6, 6.07) is 42.0. The molecule has 0 aliphatic heterocycles. The molecule has 40 heavy (non-hydrogen) atoms. The summed E-state index contributed by atoms with van der Waals surface area (Å²) in [5.74, 6) is 1.49. The zero-order valence-corrected chi connectivity index (χ0v) is 23.1. The number of para-hydroxylation sites is 2. The Morgan fingerprint density at radius 3 is 1.85 bits per heavy atom. The number of hydrogen-bond acceptors (Lipinski definition) is 1. The molecule has 1 nitrogen and oxygen atoms in total. The molecule has 0 bridgehead atoms. The topological polar surface area (TPSA) is 3.24 Å². The van der Waals surface area contributed by atoms with Crippen LogP contribution in [0.2, 0.25) is 0 Å². The van der Waals surface area contributed by atoms with Crippen molar-refractivity contribution >= 4 is 22.6 Å². The Bertz CT molecular complexity index is 1570. The molecule has 4 aromatic carbocycles. The molecular formula is C39H35N. The lowest BCUT2D eigenvalue weighted by Crippen LogP contribution is -2.32. The summed E-state index contributed by atoms with van der Waals surface area (Å²) in [6.45, 7) is 2.31. The summed E-state index contributed by atoms with van der Waals surface area (Å²) >= 11 is 0. The van der Waals surface area contributed by atoms with E-state index < -0.39 is 0 Å². The van der Waals surface area contributed by atoms with Gasteiger partial charge in [0, 0.05) is 17.1 Å². The van der Waals surface area contributed by atoms with E-state index in [2.05, 4.69) is 151 Å². The molecule has 0 radical (unpaired) electrons. The first kappa shape index (κ1) is 24.7. The van der Waals surface area contributed by atoms with Crippen molar-refractivity contribution < 1.29 is 0 Å². The summed E-state index contributed by atoms with van der Waals surface area (Å²) in [5, 5.41) is 0. The largest absolute Gasteiger partial charge is 0.311 e. The minimum atomic E-state index is 0.471. The molecule has 0 amide bonds. The van der Waals surface area contributed by atoms with E-state index in [-0.39, 0.29) is 0 Å². The normalized spacial score (nSPS) is 21.7. The standard InChI is InChI=1S/C39H35N/c1-28-14-13-23-36-37(28)39(29-15-5-2-6-16-29)35-22-12-11-21-34(35)38(36)30-24-26-33(27-25-30)40(31-17-7-3-8-18-31)32-19-9-4-10-20-32/h2-10,12-20,22,24-27,34,36,38H,11,21,23H2,1H3. The molecule has 0 spiro atoms. The van der Waals surface area contributed by atoms with Gasteiger partial charge in [0.25, 0.3) is 0 Å². The van der Waals surface area contributed by atoms with Crippen molar-refractivity contribution in [3.05, 3.63) is 167 Å². The van der Waals surface area contributed by atoms with Crippen LogP contribution in [0.3, 0.4) is 0 Å². The fraction of sp³-hybridized carbons (Fsp3) is 0.179. The minimum Gasteiger partial charge on any atom is -0.311 e. The van der Waals surface area contributed by atoms with Crippen LogP contribution in [0.1, 0.15) is 43.2 Å². The van der Waals surface area contributed by atoms with Gasteiger partial charge in [-0.1, -0.05) is 103 Å². The highest BCUT2D eigenvalue weighted by atomic mass is 15.1. The molecule has 1 heteroatoms. The molecule has 0 saturated heterocycles. The molecule has 3 aliphatic carbocycles. The van der Waals surface area contributed by atoms with Crippen molar-refractivity contribution in [1.29, 1.82) is 0 Å². The van der Waals surface area contributed by atoms with E-state index in [4.69, 9.17) is 0 Å². The van der Waals surface area contributed by atoms with Gasteiger partial charge in [-0.25, -0.2) is 0 Å². The van der Waals surface area contributed by atoms with E-state index in [1.807, 2.05) is 0 Å². The van der Waals surface area contributed by atoms with Crippen LogP contribution in [0, 0.1) is 11.8 Å². The molecule has 3 unspecified atom stereocenters. The highest BCUT2D eigenvalue weighted by molar-refractivity contribution is 5.87. The first-order valence-electron chi connectivity index (χ1n) is 14.6. The summed E-state index contributed by atoms with van der Waals surface area (Å²) in [5.41, 5.74) is 12.3.